The molecule has 3 N–H and O–H groups in total. The van der Waals surface area contributed by atoms with Gasteiger partial charge in [-0.3, -0.25) is 4.99 Å². The molecular weight excluding hydrogens is 349 g/mol. The fourth-order valence-corrected chi connectivity index (χ4v) is 1.39. The monoisotopic (exact) mass is 365 g/mol. The largest absolute Gasteiger partial charge is 0.492 e. The van der Waals surface area contributed by atoms with Crippen molar-refractivity contribution in [3.05, 3.63) is 18.2 Å². The maximum Gasteiger partial charge on any atom is 0.231 e. The minimum Gasteiger partial charge on any atom is -0.492 e. The lowest BCUT2D eigenvalue weighted by atomic mass is 10.3. The van der Waals surface area contributed by atoms with Crippen molar-refractivity contribution in [3.8, 4) is 17.2 Å². The Morgan fingerprint density at radius 3 is 3.00 bits per heavy atom. The van der Waals surface area contributed by atoms with Crippen LogP contribution in [0.4, 0.5) is 0 Å². The van der Waals surface area contributed by atoms with Crippen LogP contribution in [0.2, 0.25) is 0 Å². The van der Waals surface area contributed by atoms with Gasteiger partial charge in [-0.1, -0.05) is 0 Å². The molecule has 0 radical (unpaired) electrons. The van der Waals surface area contributed by atoms with E-state index in [1.807, 2.05) is 12.1 Å². The number of ether oxygens (including phenoxy) is 3. The molecule has 1 aromatic carbocycles. The van der Waals surface area contributed by atoms with Crippen molar-refractivity contribution in [3.63, 3.8) is 0 Å². The number of halogens is 1. The van der Waals surface area contributed by atoms with Crippen LogP contribution < -0.4 is 25.3 Å². The van der Waals surface area contributed by atoms with Gasteiger partial charge in [0, 0.05) is 13.1 Å². The van der Waals surface area contributed by atoms with Gasteiger partial charge in [-0.25, -0.2) is 0 Å². The van der Waals surface area contributed by atoms with Crippen molar-refractivity contribution in [2.75, 3.05) is 27.0 Å². The molecular formula is C11H16IN3O3. The van der Waals surface area contributed by atoms with Crippen LogP contribution in [0, 0.1) is 0 Å². The first-order valence-corrected chi connectivity index (χ1v) is 5.28. The van der Waals surface area contributed by atoms with Crippen molar-refractivity contribution in [2.24, 2.45) is 10.7 Å². The summed E-state index contributed by atoms with van der Waals surface area (Å²) in [5.74, 6) is 2.60. The molecule has 0 unspecified atom stereocenters. The first-order chi connectivity index (χ1) is 8.29. The molecule has 2 rings (SSSR count). The van der Waals surface area contributed by atoms with Crippen LogP contribution in [0.1, 0.15) is 0 Å². The third-order valence-electron chi connectivity index (χ3n) is 2.26. The quantitative estimate of drug-likeness (QED) is 0.360. The Morgan fingerprint density at radius 2 is 2.22 bits per heavy atom. The van der Waals surface area contributed by atoms with Crippen LogP contribution in [0.25, 0.3) is 0 Å². The van der Waals surface area contributed by atoms with E-state index in [1.54, 1.807) is 13.1 Å². The van der Waals surface area contributed by atoms with Gasteiger partial charge < -0.3 is 25.3 Å². The molecule has 18 heavy (non-hydrogen) atoms. The van der Waals surface area contributed by atoms with Gasteiger partial charge in [0.2, 0.25) is 6.79 Å². The molecule has 0 saturated carbocycles. The number of aliphatic imine (C=N–C) groups is 1. The fourth-order valence-electron chi connectivity index (χ4n) is 1.39. The second-order valence-electron chi connectivity index (χ2n) is 3.40. The van der Waals surface area contributed by atoms with E-state index in [1.165, 1.54) is 0 Å². The molecule has 0 spiro atoms. The zero-order chi connectivity index (χ0) is 12.1. The summed E-state index contributed by atoms with van der Waals surface area (Å²) in [6.45, 7) is 1.36. The number of guanidine groups is 1. The number of rotatable bonds is 4. The highest BCUT2D eigenvalue weighted by atomic mass is 127. The zero-order valence-electron chi connectivity index (χ0n) is 10.0. The SMILES string of the molecule is CN=C(N)NCCOc1ccc2c(c1)OCO2.I. The van der Waals surface area contributed by atoms with Gasteiger partial charge in [0.05, 0.1) is 6.54 Å². The molecule has 6 nitrogen and oxygen atoms in total. The van der Waals surface area contributed by atoms with E-state index in [9.17, 15) is 0 Å². The summed E-state index contributed by atoms with van der Waals surface area (Å²) in [4.78, 5) is 3.77. The van der Waals surface area contributed by atoms with Crippen molar-refractivity contribution in [2.45, 2.75) is 0 Å². The molecule has 1 aliphatic heterocycles. The maximum absolute atomic E-state index is 5.52. The Bertz CT molecular complexity index is 426. The summed E-state index contributed by atoms with van der Waals surface area (Å²) in [5, 5.41) is 2.90. The van der Waals surface area contributed by atoms with E-state index < -0.39 is 0 Å². The fraction of sp³-hybridized carbons (Fsp3) is 0.364. The number of nitrogens with one attached hydrogen (secondary N) is 1. The Morgan fingerprint density at radius 1 is 1.44 bits per heavy atom. The molecule has 0 bridgehead atoms. The topological polar surface area (TPSA) is 78.1 Å². The van der Waals surface area contributed by atoms with Gasteiger partial charge in [-0.15, -0.1) is 24.0 Å². The zero-order valence-corrected chi connectivity index (χ0v) is 12.3. The summed E-state index contributed by atoms with van der Waals surface area (Å²) >= 11 is 0. The van der Waals surface area contributed by atoms with Crippen LogP contribution >= 0.6 is 24.0 Å². The normalized spacial score (nSPS) is 12.8. The number of nitrogens with zero attached hydrogens (tertiary/aromatic N) is 1. The summed E-state index contributed by atoms with van der Waals surface area (Å²) in [5.41, 5.74) is 5.47. The van der Waals surface area contributed by atoms with Gasteiger partial charge >= 0.3 is 0 Å². The number of fused-ring (bicyclic) bond motifs is 1. The minimum absolute atomic E-state index is 0. The van der Waals surface area contributed by atoms with E-state index in [0.29, 0.717) is 24.9 Å². The average molecular weight is 365 g/mol. The van der Waals surface area contributed by atoms with Crippen LogP contribution in [0.3, 0.4) is 0 Å². The van der Waals surface area contributed by atoms with Crippen LogP contribution in [0.5, 0.6) is 17.2 Å². The summed E-state index contributed by atoms with van der Waals surface area (Å²) in [6.07, 6.45) is 0. The highest BCUT2D eigenvalue weighted by Gasteiger charge is 2.13. The molecule has 7 heteroatoms. The maximum atomic E-state index is 5.52. The first-order valence-electron chi connectivity index (χ1n) is 5.28. The summed E-state index contributed by atoms with van der Waals surface area (Å²) in [7, 11) is 1.63. The third kappa shape index (κ3) is 3.83. The minimum atomic E-state index is 0. The lowest BCUT2D eigenvalue weighted by Crippen LogP contribution is -2.34. The molecule has 1 aromatic rings. The Labute approximate surface area is 123 Å². The Balaban J connectivity index is 0.00000162. The summed E-state index contributed by atoms with van der Waals surface area (Å²) < 4.78 is 16.0. The van der Waals surface area contributed by atoms with Crippen molar-refractivity contribution >= 4 is 29.9 Å². The second-order valence-corrected chi connectivity index (χ2v) is 3.40. The third-order valence-corrected chi connectivity index (χ3v) is 2.26. The molecule has 100 valence electrons. The number of nitrogens with two attached hydrogens (primary N) is 1. The Kier molecular flexibility index (Phi) is 5.83. The molecule has 0 fully saturated rings. The van der Waals surface area contributed by atoms with Crippen LogP contribution in [-0.4, -0.2) is 33.0 Å². The average Bonchev–Trinajstić information content (AvgIpc) is 2.81. The predicted octanol–water partition coefficient (Wildman–Crippen LogP) is 0.946. The van der Waals surface area contributed by atoms with Crippen LogP contribution in [0.15, 0.2) is 23.2 Å². The van der Waals surface area contributed by atoms with Gasteiger partial charge in [-0.05, 0) is 12.1 Å². The summed E-state index contributed by atoms with van der Waals surface area (Å²) in [6, 6.07) is 5.47. The lowest BCUT2D eigenvalue weighted by Gasteiger charge is -2.08. The van der Waals surface area contributed by atoms with E-state index in [2.05, 4.69) is 10.3 Å². The first kappa shape index (κ1) is 14.7. The number of hydrogen-bond acceptors (Lipinski definition) is 4. The molecule has 0 saturated heterocycles. The van der Waals surface area contributed by atoms with Gasteiger partial charge in [-0.2, -0.15) is 0 Å². The lowest BCUT2D eigenvalue weighted by molar-refractivity contribution is 0.173. The molecule has 1 heterocycles. The molecule has 0 aromatic heterocycles. The van der Waals surface area contributed by atoms with Gasteiger partial charge in [0.1, 0.15) is 12.4 Å². The van der Waals surface area contributed by atoms with Crippen LogP contribution in [-0.2, 0) is 0 Å². The number of benzene rings is 1. The smallest absolute Gasteiger partial charge is 0.231 e. The molecule has 0 atom stereocenters. The van der Waals surface area contributed by atoms with E-state index in [0.717, 1.165) is 11.5 Å². The van der Waals surface area contributed by atoms with Crippen molar-refractivity contribution in [1.82, 2.24) is 5.32 Å². The van der Waals surface area contributed by atoms with Gasteiger partial charge in [0.15, 0.2) is 17.5 Å². The van der Waals surface area contributed by atoms with E-state index >= 15 is 0 Å². The number of hydrogen-bond donors (Lipinski definition) is 2. The van der Waals surface area contributed by atoms with E-state index in [-0.39, 0.29) is 30.8 Å². The molecule has 1 aliphatic rings. The van der Waals surface area contributed by atoms with Crippen molar-refractivity contribution in [1.29, 1.82) is 0 Å². The van der Waals surface area contributed by atoms with E-state index in [4.69, 9.17) is 19.9 Å². The van der Waals surface area contributed by atoms with Crippen molar-refractivity contribution < 1.29 is 14.2 Å². The Hall–Kier alpha value is -1.38. The molecule has 0 amide bonds. The predicted molar refractivity (Wildman–Crippen MR) is 79.0 cm³/mol. The molecule has 0 aliphatic carbocycles. The van der Waals surface area contributed by atoms with Gasteiger partial charge in [0.25, 0.3) is 0 Å². The highest BCUT2D eigenvalue weighted by molar-refractivity contribution is 14.0. The highest BCUT2D eigenvalue weighted by Crippen LogP contribution is 2.34. The second kappa shape index (κ2) is 7.14. The standard InChI is InChI=1S/C11H15N3O3.HI/c1-13-11(12)14-4-5-15-8-2-3-9-10(6-8)17-7-16-9;/h2-3,6H,4-5,7H2,1H3,(H3,12,13,14);1H.